The predicted octanol–water partition coefficient (Wildman–Crippen LogP) is 3.82. The molecule has 1 aliphatic carbocycles. The van der Waals surface area contributed by atoms with E-state index in [1.807, 2.05) is 24.3 Å². The molecule has 26 heavy (non-hydrogen) atoms. The third-order valence-electron chi connectivity index (χ3n) is 4.71. The Morgan fingerprint density at radius 2 is 2.08 bits per heavy atom. The Morgan fingerprint density at radius 1 is 1.15 bits per heavy atom. The predicted molar refractivity (Wildman–Crippen MR) is 99.7 cm³/mol. The maximum atomic E-state index is 11.8. The summed E-state index contributed by atoms with van der Waals surface area (Å²) in [6.45, 7) is 0. The van der Waals surface area contributed by atoms with Crippen molar-refractivity contribution in [1.82, 2.24) is 9.97 Å². The molecule has 3 heterocycles. The van der Waals surface area contributed by atoms with E-state index >= 15 is 0 Å². The minimum atomic E-state index is 0.0629. The lowest BCUT2D eigenvalue weighted by molar-refractivity contribution is -0.116. The van der Waals surface area contributed by atoms with Crippen LogP contribution in [0.25, 0.3) is 11.1 Å². The standard InChI is InChI=1S/C19H19N5O2/c25-16-3-1-2-11-4-5-13(10-15(11)22-16)21-19-23-14-8-9-26-17(14)18(24-19)20-12-6-7-12/h4-5,8-10,12H,1-3,6-7H2,(H,22,25)(H2,20,21,23,24). The highest BCUT2D eigenvalue weighted by Crippen LogP contribution is 2.31. The second-order valence-electron chi connectivity index (χ2n) is 6.85. The van der Waals surface area contributed by atoms with Crippen molar-refractivity contribution in [3.63, 3.8) is 0 Å². The Morgan fingerprint density at radius 3 is 2.96 bits per heavy atom. The Labute approximate surface area is 150 Å². The zero-order valence-corrected chi connectivity index (χ0v) is 14.2. The fraction of sp³-hybridized carbons (Fsp3) is 0.316. The lowest BCUT2D eigenvalue weighted by Gasteiger charge is -2.12. The molecular formula is C19H19N5O2. The maximum absolute atomic E-state index is 11.8. The van der Waals surface area contributed by atoms with Crippen LogP contribution in [-0.4, -0.2) is 21.9 Å². The number of fused-ring (bicyclic) bond motifs is 2. The summed E-state index contributed by atoms with van der Waals surface area (Å²) in [4.78, 5) is 20.9. The molecule has 0 saturated heterocycles. The number of furan rings is 1. The van der Waals surface area contributed by atoms with Crippen LogP contribution in [0.1, 0.15) is 31.2 Å². The molecule has 1 fully saturated rings. The normalized spacial score (nSPS) is 16.7. The monoisotopic (exact) mass is 349 g/mol. The highest BCUT2D eigenvalue weighted by molar-refractivity contribution is 5.93. The van der Waals surface area contributed by atoms with Crippen LogP contribution in [0.5, 0.6) is 0 Å². The number of benzene rings is 1. The number of carbonyl (C=O) groups excluding carboxylic acids is 1. The van der Waals surface area contributed by atoms with Crippen LogP contribution >= 0.6 is 0 Å². The van der Waals surface area contributed by atoms with E-state index in [1.54, 1.807) is 6.26 Å². The van der Waals surface area contributed by atoms with Crippen LogP contribution in [0.4, 0.5) is 23.1 Å². The first-order chi connectivity index (χ1) is 12.7. The van der Waals surface area contributed by atoms with Gasteiger partial charge in [0.25, 0.3) is 0 Å². The van der Waals surface area contributed by atoms with E-state index in [4.69, 9.17) is 4.42 Å². The summed E-state index contributed by atoms with van der Waals surface area (Å²) in [6, 6.07) is 8.28. The number of hydrogen-bond acceptors (Lipinski definition) is 6. The van der Waals surface area contributed by atoms with Crippen LogP contribution < -0.4 is 16.0 Å². The molecule has 0 atom stereocenters. The molecule has 2 aromatic heterocycles. The van der Waals surface area contributed by atoms with Crippen molar-refractivity contribution in [3.05, 3.63) is 36.1 Å². The minimum absolute atomic E-state index is 0.0629. The van der Waals surface area contributed by atoms with Crippen molar-refractivity contribution >= 4 is 40.1 Å². The van der Waals surface area contributed by atoms with Gasteiger partial charge in [0.05, 0.1) is 6.26 Å². The summed E-state index contributed by atoms with van der Waals surface area (Å²) < 4.78 is 5.52. The molecule has 5 rings (SSSR count). The average molecular weight is 349 g/mol. The van der Waals surface area contributed by atoms with Gasteiger partial charge in [0.2, 0.25) is 11.9 Å². The zero-order valence-electron chi connectivity index (χ0n) is 14.2. The van der Waals surface area contributed by atoms with Crippen LogP contribution in [0.2, 0.25) is 0 Å². The molecule has 3 N–H and O–H groups in total. The molecule has 7 nitrogen and oxygen atoms in total. The molecule has 0 radical (unpaired) electrons. The SMILES string of the molecule is O=C1CCCc2ccc(Nc3nc(NC4CC4)c4occc4n3)cc2N1. The van der Waals surface area contributed by atoms with Gasteiger partial charge in [-0.05, 0) is 43.4 Å². The van der Waals surface area contributed by atoms with Crippen molar-refractivity contribution in [2.75, 3.05) is 16.0 Å². The summed E-state index contributed by atoms with van der Waals surface area (Å²) >= 11 is 0. The Kier molecular flexibility index (Phi) is 3.51. The Bertz CT molecular complexity index is 993. The van der Waals surface area contributed by atoms with Gasteiger partial charge in [-0.15, -0.1) is 0 Å². The Balaban J connectivity index is 1.46. The van der Waals surface area contributed by atoms with E-state index in [0.717, 1.165) is 48.1 Å². The fourth-order valence-corrected chi connectivity index (χ4v) is 3.21. The third kappa shape index (κ3) is 2.96. The number of nitrogens with zero attached hydrogens (tertiary/aromatic N) is 2. The summed E-state index contributed by atoms with van der Waals surface area (Å²) in [5, 5.41) is 9.62. The van der Waals surface area contributed by atoms with Crippen LogP contribution in [0, 0.1) is 0 Å². The van der Waals surface area contributed by atoms with Crippen LogP contribution in [0.3, 0.4) is 0 Å². The van der Waals surface area contributed by atoms with Gasteiger partial charge in [-0.25, -0.2) is 4.98 Å². The summed E-state index contributed by atoms with van der Waals surface area (Å²) in [6.07, 6.45) is 6.27. The molecule has 0 unspecified atom stereocenters. The lowest BCUT2D eigenvalue weighted by atomic mass is 10.1. The molecule has 132 valence electrons. The van der Waals surface area contributed by atoms with Crippen LogP contribution in [0.15, 0.2) is 34.9 Å². The van der Waals surface area contributed by atoms with Gasteiger partial charge in [-0.2, -0.15) is 4.98 Å². The number of hydrogen-bond donors (Lipinski definition) is 3. The van der Waals surface area contributed by atoms with Gasteiger partial charge in [-0.1, -0.05) is 6.07 Å². The van der Waals surface area contributed by atoms with E-state index in [9.17, 15) is 4.79 Å². The van der Waals surface area contributed by atoms with Gasteiger partial charge in [0.15, 0.2) is 11.4 Å². The van der Waals surface area contributed by atoms with Crippen LogP contribution in [-0.2, 0) is 11.2 Å². The van der Waals surface area contributed by atoms with Gasteiger partial charge in [0.1, 0.15) is 5.52 Å². The second-order valence-corrected chi connectivity index (χ2v) is 6.85. The number of aromatic nitrogens is 2. The number of nitrogens with one attached hydrogen (secondary N) is 3. The first kappa shape index (κ1) is 15.2. The van der Waals surface area contributed by atoms with E-state index in [2.05, 4.69) is 25.9 Å². The number of anilines is 4. The first-order valence-electron chi connectivity index (χ1n) is 8.96. The topological polar surface area (TPSA) is 92.1 Å². The molecular weight excluding hydrogens is 330 g/mol. The van der Waals surface area contributed by atoms with Crippen molar-refractivity contribution in [3.8, 4) is 0 Å². The Hall–Kier alpha value is -3.09. The zero-order chi connectivity index (χ0) is 17.5. The van der Waals surface area contributed by atoms with Gasteiger partial charge >= 0.3 is 0 Å². The molecule has 1 saturated carbocycles. The largest absolute Gasteiger partial charge is 0.459 e. The molecule has 3 aromatic rings. The van der Waals surface area contributed by atoms with Crippen molar-refractivity contribution < 1.29 is 9.21 Å². The van der Waals surface area contributed by atoms with E-state index < -0.39 is 0 Å². The summed E-state index contributed by atoms with van der Waals surface area (Å²) in [5.74, 6) is 1.28. The molecule has 2 aliphatic rings. The highest BCUT2D eigenvalue weighted by Gasteiger charge is 2.24. The minimum Gasteiger partial charge on any atom is -0.459 e. The summed E-state index contributed by atoms with van der Waals surface area (Å²) in [7, 11) is 0. The molecule has 7 heteroatoms. The third-order valence-corrected chi connectivity index (χ3v) is 4.71. The highest BCUT2D eigenvalue weighted by atomic mass is 16.3. The molecule has 1 aliphatic heterocycles. The molecule has 1 aromatic carbocycles. The second kappa shape index (κ2) is 6.01. The van der Waals surface area contributed by atoms with E-state index in [0.29, 0.717) is 29.8 Å². The van der Waals surface area contributed by atoms with E-state index in [-0.39, 0.29) is 5.91 Å². The van der Waals surface area contributed by atoms with Crippen molar-refractivity contribution in [2.24, 2.45) is 0 Å². The number of amides is 1. The number of rotatable bonds is 4. The quantitative estimate of drug-likeness (QED) is 0.663. The maximum Gasteiger partial charge on any atom is 0.229 e. The summed E-state index contributed by atoms with van der Waals surface area (Å²) in [5.41, 5.74) is 4.29. The first-order valence-corrected chi connectivity index (χ1v) is 8.96. The molecule has 0 bridgehead atoms. The average Bonchev–Trinajstić information content (AvgIpc) is 3.34. The number of carbonyl (C=O) groups is 1. The fourth-order valence-electron chi connectivity index (χ4n) is 3.21. The van der Waals surface area contributed by atoms with Crippen molar-refractivity contribution in [1.29, 1.82) is 0 Å². The van der Waals surface area contributed by atoms with Gasteiger partial charge in [0, 0.05) is 29.9 Å². The number of aryl methyl sites for hydroxylation is 1. The molecule has 1 amide bonds. The lowest BCUT2D eigenvalue weighted by Crippen LogP contribution is -2.09. The van der Waals surface area contributed by atoms with Gasteiger partial charge < -0.3 is 20.4 Å². The van der Waals surface area contributed by atoms with E-state index in [1.165, 1.54) is 0 Å². The molecule has 0 spiro atoms. The smallest absolute Gasteiger partial charge is 0.229 e. The van der Waals surface area contributed by atoms with Crippen molar-refractivity contribution in [2.45, 2.75) is 38.1 Å². The van der Waals surface area contributed by atoms with Gasteiger partial charge in [-0.3, -0.25) is 4.79 Å².